The highest BCUT2D eigenvalue weighted by atomic mass is 32.2. The summed E-state index contributed by atoms with van der Waals surface area (Å²) < 4.78 is 56.0. The van der Waals surface area contributed by atoms with Crippen LogP contribution in [0.2, 0.25) is 0 Å². The van der Waals surface area contributed by atoms with Gasteiger partial charge in [-0.2, -0.15) is 13.2 Å². The number of aryl methyl sites for hydroxylation is 1. The van der Waals surface area contributed by atoms with Crippen molar-refractivity contribution >= 4 is 22.1 Å². The highest BCUT2D eigenvalue weighted by Crippen LogP contribution is 2.34. The Bertz CT molecular complexity index is 1010. The SMILES string of the molecule is CCCCc1nc(-c2ccc(C(F)(F)F)cc2)sc1COc1cccc(S(C)=O)c1. The lowest BCUT2D eigenvalue weighted by molar-refractivity contribution is -0.137. The maximum Gasteiger partial charge on any atom is 0.416 e. The maximum absolute atomic E-state index is 12.8. The summed E-state index contributed by atoms with van der Waals surface area (Å²) in [4.78, 5) is 6.31. The Morgan fingerprint density at radius 1 is 1.13 bits per heavy atom. The smallest absolute Gasteiger partial charge is 0.416 e. The number of aromatic nitrogens is 1. The molecule has 0 spiro atoms. The topological polar surface area (TPSA) is 39.2 Å². The van der Waals surface area contributed by atoms with Crippen LogP contribution in [-0.2, 0) is 30.0 Å². The van der Waals surface area contributed by atoms with Gasteiger partial charge in [-0.1, -0.05) is 31.5 Å². The first-order valence-corrected chi connectivity index (χ1v) is 11.9. The fourth-order valence-electron chi connectivity index (χ4n) is 2.85. The summed E-state index contributed by atoms with van der Waals surface area (Å²) in [5.74, 6) is 0.619. The molecule has 1 aromatic heterocycles. The van der Waals surface area contributed by atoms with Crippen LogP contribution in [0.5, 0.6) is 5.75 Å². The minimum atomic E-state index is -4.36. The second kappa shape index (κ2) is 9.75. The lowest BCUT2D eigenvalue weighted by Gasteiger charge is -2.07. The third kappa shape index (κ3) is 5.70. The van der Waals surface area contributed by atoms with Crippen molar-refractivity contribution in [2.75, 3.05) is 6.26 Å². The summed E-state index contributed by atoms with van der Waals surface area (Å²) in [6.45, 7) is 2.40. The quantitative estimate of drug-likeness (QED) is 0.391. The zero-order valence-electron chi connectivity index (χ0n) is 16.7. The predicted octanol–water partition coefficient (Wildman–Crippen LogP) is 6.49. The Hall–Kier alpha value is -2.19. The molecule has 1 atom stereocenters. The van der Waals surface area contributed by atoms with Crippen LogP contribution in [0.4, 0.5) is 13.2 Å². The highest BCUT2D eigenvalue weighted by molar-refractivity contribution is 7.84. The van der Waals surface area contributed by atoms with Crippen molar-refractivity contribution in [2.24, 2.45) is 0 Å². The van der Waals surface area contributed by atoms with E-state index in [4.69, 9.17) is 4.74 Å². The average molecular weight is 454 g/mol. The van der Waals surface area contributed by atoms with Gasteiger partial charge in [0.1, 0.15) is 17.4 Å². The van der Waals surface area contributed by atoms with Gasteiger partial charge in [0.15, 0.2) is 0 Å². The molecule has 0 aliphatic carbocycles. The molecule has 0 aliphatic rings. The average Bonchev–Trinajstić information content (AvgIpc) is 3.13. The Labute approximate surface area is 180 Å². The second-order valence-corrected chi connectivity index (χ2v) is 9.25. The number of rotatable bonds is 8. The minimum Gasteiger partial charge on any atom is -0.488 e. The first-order valence-electron chi connectivity index (χ1n) is 9.50. The molecule has 3 rings (SSSR count). The van der Waals surface area contributed by atoms with E-state index in [1.165, 1.54) is 23.5 Å². The van der Waals surface area contributed by atoms with E-state index in [9.17, 15) is 17.4 Å². The number of benzene rings is 2. The fraction of sp³-hybridized carbons (Fsp3) is 0.318. The molecule has 0 N–H and O–H groups in total. The van der Waals surface area contributed by atoms with Gasteiger partial charge in [-0.05, 0) is 43.2 Å². The van der Waals surface area contributed by atoms with Crippen molar-refractivity contribution in [3.05, 3.63) is 64.7 Å². The van der Waals surface area contributed by atoms with E-state index in [1.54, 1.807) is 30.5 Å². The summed E-state index contributed by atoms with van der Waals surface area (Å²) >= 11 is 1.43. The molecule has 1 unspecified atom stereocenters. The first-order chi connectivity index (χ1) is 14.3. The van der Waals surface area contributed by atoms with E-state index in [0.29, 0.717) is 27.8 Å². The normalized spacial score (nSPS) is 12.7. The Kier molecular flexibility index (Phi) is 7.31. The van der Waals surface area contributed by atoms with Gasteiger partial charge in [0.05, 0.1) is 16.1 Å². The van der Waals surface area contributed by atoms with E-state index in [-0.39, 0.29) is 0 Å². The molecule has 2 aromatic carbocycles. The summed E-state index contributed by atoms with van der Waals surface area (Å²) in [5, 5.41) is 0.678. The van der Waals surface area contributed by atoms with Gasteiger partial charge < -0.3 is 4.74 Å². The van der Waals surface area contributed by atoms with Crippen molar-refractivity contribution in [1.82, 2.24) is 4.98 Å². The Morgan fingerprint density at radius 2 is 1.87 bits per heavy atom. The van der Waals surface area contributed by atoms with E-state index < -0.39 is 22.5 Å². The molecule has 0 aliphatic heterocycles. The van der Waals surface area contributed by atoms with Crippen LogP contribution >= 0.6 is 11.3 Å². The molecule has 0 amide bonds. The number of unbranched alkanes of at least 4 members (excludes halogenated alkanes) is 1. The van der Waals surface area contributed by atoms with Gasteiger partial charge in [0.25, 0.3) is 0 Å². The third-order valence-electron chi connectivity index (χ3n) is 4.51. The molecule has 30 heavy (non-hydrogen) atoms. The van der Waals surface area contributed by atoms with Crippen LogP contribution in [0.3, 0.4) is 0 Å². The van der Waals surface area contributed by atoms with Crippen LogP contribution in [0.1, 0.15) is 35.9 Å². The van der Waals surface area contributed by atoms with Crippen molar-refractivity contribution in [3.8, 4) is 16.3 Å². The monoisotopic (exact) mass is 453 g/mol. The standard InChI is InChI=1S/C22H22F3NO2S2/c1-3-4-8-19-20(14-28-17-6-5-7-18(13-17)30(2)27)29-21(26-19)15-9-11-16(12-10-15)22(23,24)25/h5-7,9-13H,3-4,8,14H2,1-2H3. The third-order valence-corrected chi connectivity index (χ3v) is 6.55. The molecule has 160 valence electrons. The Balaban J connectivity index is 1.82. The predicted molar refractivity (Wildman–Crippen MR) is 114 cm³/mol. The lowest BCUT2D eigenvalue weighted by Crippen LogP contribution is -2.03. The van der Waals surface area contributed by atoms with Crippen LogP contribution in [-0.4, -0.2) is 15.4 Å². The maximum atomic E-state index is 12.8. The molecular weight excluding hydrogens is 431 g/mol. The molecule has 1 heterocycles. The Morgan fingerprint density at radius 3 is 2.50 bits per heavy atom. The van der Waals surface area contributed by atoms with E-state index in [2.05, 4.69) is 11.9 Å². The van der Waals surface area contributed by atoms with E-state index in [0.717, 1.165) is 42.0 Å². The highest BCUT2D eigenvalue weighted by Gasteiger charge is 2.30. The van der Waals surface area contributed by atoms with E-state index >= 15 is 0 Å². The van der Waals surface area contributed by atoms with Gasteiger partial charge in [0.2, 0.25) is 0 Å². The van der Waals surface area contributed by atoms with Crippen LogP contribution in [0, 0.1) is 0 Å². The van der Waals surface area contributed by atoms with Crippen LogP contribution in [0.25, 0.3) is 10.6 Å². The summed E-state index contributed by atoms with van der Waals surface area (Å²) in [6, 6.07) is 12.2. The van der Waals surface area contributed by atoms with Gasteiger partial charge >= 0.3 is 6.18 Å². The fourth-order valence-corrected chi connectivity index (χ4v) is 4.43. The van der Waals surface area contributed by atoms with Gasteiger partial charge in [-0.3, -0.25) is 4.21 Å². The minimum absolute atomic E-state index is 0.303. The van der Waals surface area contributed by atoms with E-state index in [1.807, 2.05) is 0 Å². The number of thiazole rings is 1. The number of hydrogen-bond donors (Lipinski definition) is 0. The van der Waals surface area contributed by atoms with Gasteiger partial charge in [0, 0.05) is 27.5 Å². The molecule has 0 bridgehead atoms. The number of hydrogen-bond acceptors (Lipinski definition) is 4. The van der Waals surface area contributed by atoms with Crippen LogP contribution in [0.15, 0.2) is 53.4 Å². The summed E-state index contributed by atoms with van der Waals surface area (Å²) in [6.07, 6.45) is 0.0154. The zero-order chi connectivity index (χ0) is 21.7. The summed E-state index contributed by atoms with van der Waals surface area (Å²) in [7, 11) is -1.10. The molecule has 0 saturated carbocycles. The molecule has 0 saturated heterocycles. The molecular formula is C22H22F3NO2S2. The van der Waals surface area contributed by atoms with Crippen molar-refractivity contribution in [2.45, 2.75) is 43.9 Å². The second-order valence-electron chi connectivity index (χ2n) is 6.79. The van der Waals surface area contributed by atoms with Crippen molar-refractivity contribution < 1.29 is 22.1 Å². The van der Waals surface area contributed by atoms with Gasteiger partial charge in [-0.25, -0.2) is 4.98 Å². The van der Waals surface area contributed by atoms with Crippen molar-refractivity contribution in [3.63, 3.8) is 0 Å². The molecule has 0 radical (unpaired) electrons. The molecule has 0 fully saturated rings. The number of nitrogens with zero attached hydrogens (tertiary/aromatic N) is 1. The largest absolute Gasteiger partial charge is 0.488 e. The molecule has 3 nitrogen and oxygen atoms in total. The zero-order valence-corrected chi connectivity index (χ0v) is 18.3. The molecule has 3 aromatic rings. The van der Waals surface area contributed by atoms with Gasteiger partial charge in [-0.15, -0.1) is 11.3 Å². The van der Waals surface area contributed by atoms with Crippen LogP contribution < -0.4 is 4.74 Å². The lowest BCUT2D eigenvalue weighted by atomic mass is 10.1. The number of halogens is 3. The summed E-state index contributed by atoms with van der Waals surface area (Å²) in [5.41, 5.74) is 0.887. The first kappa shape index (κ1) is 22.5. The molecule has 8 heteroatoms. The van der Waals surface area contributed by atoms with Crippen molar-refractivity contribution in [1.29, 1.82) is 0 Å². The number of alkyl halides is 3. The number of ether oxygens (including phenoxy) is 1.